The van der Waals surface area contributed by atoms with Crippen LogP contribution in [-0.2, 0) is 6.54 Å². The third-order valence-electron chi connectivity index (χ3n) is 5.55. The topological polar surface area (TPSA) is 29.0 Å². The molecule has 0 unspecified atom stereocenters. The summed E-state index contributed by atoms with van der Waals surface area (Å²) in [6.45, 7) is 1.17. The molecule has 148 valence electrons. The van der Waals surface area contributed by atoms with E-state index in [1.54, 1.807) is 36.5 Å². The van der Waals surface area contributed by atoms with Crippen LogP contribution in [0, 0.1) is 11.6 Å². The number of benzene rings is 3. The molecule has 2 heterocycles. The zero-order valence-electron chi connectivity index (χ0n) is 16.4. The van der Waals surface area contributed by atoms with Crippen LogP contribution in [0.1, 0.15) is 16.7 Å². The summed E-state index contributed by atoms with van der Waals surface area (Å²) in [5, 5.41) is 9.35. The van der Waals surface area contributed by atoms with Crippen molar-refractivity contribution >= 4 is 16.3 Å². The Morgan fingerprint density at radius 1 is 0.933 bits per heavy atom. The normalized spacial score (nSPS) is 14.3. The van der Waals surface area contributed by atoms with Crippen LogP contribution in [0.2, 0.25) is 0 Å². The summed E-state index contributed by atoms with van der Waals surface area (Å²) in [5.41, 5.74) is 4.32. The van der Waals surface area contributed by atoms with E-state index in [0.717, 1.165) is 22.1 Å². The van der Waals surface area contributed by atoms with Gasteiger partial charge in [0.25, 0.3) is 0 Å². The first-order chi connectivity index (χ1) is 14.6. The predicted octanol–water partition coefficient (Wildman–Crippen LogP) is 5.45. The maximum atomic E-state index is 15.6. The molecule has 0 saturated carbocycles. The first-order valence-corrected chi connectivity index (χ1v) is 9.79. The molecule has 3 aromatic carbocycles. The van der Waals surface area contributed by atoms with Crippen LogP contribution < -0.4 is 0 Å². The Balaban J connectivity index is 1.68. The molecule has 5 heteroatoms. The lowest BCUT2D eigenvalue weighted by atomic mass is 9.90. The second-order valence-electron chi connectivity index (χ2n) is 7.55. The highest BCUT2D eigenvalue weighted by molar-refractivity contribution is 5.91. The molecule has 0 radical (unpaired) electrons. The molecule has 0 bridgehead atoms. The third kappa shape index (κ3) is 3.17. The maximum absolute atomic E-state index is 15.6. The predicted molar refractivity (Wildman–Crippen MR) is 115 cm³/mol. The zero-order chi connectivity index (χ0) is 20.7. The molecule has 0 atom stereocenters. The van der Waals surface area contributed by atoms with Gasteiger partial charge in [-0.3, -0.25) is 4.90 Å². The van der Waals surface area contributed by atoms with Crippen LogP contribution in [0.25, 0.3) is 27.6 Å². The summed E-state index contributed by atoms with van der Waals surface area (Å²) in [6.07, 6.45) is 3.68. The highest BCUT2D eigenvalue weighted by atomic mass is 19.1. The van der Waals surface area contributed by atoms with Crippen LogP contribution in [0.15, 0.2) is 72.9 Å². The van der Waals surface area contributed by atoms with E-state index in [0.29, 0.717) is 35.3 Å². The number of hydrogen-bond donors (Lipinski definition) is 0. The fourth-order valence-electron chi connectivity index (χ4n) is 4.05. The Morgan fingerprint density at radius 3 is 2.63 bits per heavy atom. The number of halogens is 2. The summed E-state index contributed by atoms with van der Waals surface area (Å²) >= 11 is 0. The fraction of sp³-hybridized carbons (Fsp3) is 0.120. The van der Waals surface area contributed by atoms with Crippen LogP contribution in [-0.4, -0.2) is 28.7 Å². The van der Waals surface area contributed by atoms with Gasteiger partial charge in [0.05, 0.1) is 5.69 Å². The van der Waals surface area contributed by atoms with Gasteiger partial charge < -0.3 is 0 Å². The highest BCUT2D eigenvalue weighted by Gasteiger charge is 2.22. The number of nitrogens with zero attached hydrogens (tertiary/aromatic N) is 3. The van der Waals surface area contributed by atoms with E-state index in [1.807, 2.05) is 31.3 Å². The first-order valence-electron chi connectivity index (χ1n) is 9.79. The Labute approximate surface area is 173 Å². The minimum atomic E-state index is -0.278. The molecular weight excluding hydrogens is 380 g/mol. The third-order valence-corrected chi connectivity index (χ3v) is 5.55. The average Bonchev–Trinajstić information content (AvgIpc) is 2.94. The molecule has 4 aromatic rings. The standard InChI is InChI=1S/C25H19F2N3/c1-30-13-11-18(17-7-8-19-16(14-17)4-2-5-23(19)26)20-9-10-21(25(27)22(20)15-30)24-6-3-12-28-29-24/h2-12,14H,13,15H2,1H3. The van der Waals surface area contributed by atoms with Gasteiger partial charge in [0.15, 0.2) is 0 Å². The molecule has 0 fully saturated rings. The molecule has 1 aromatic heterocycles. The zero-order valence-corrected chi connectivity index (χ0v) is 16.4. The smallest absolute Gasteiger partial charge is 0.137 e. The highest BCUT2D eigenvalue weighted by Crippen LogP contribution is 2.35. The van der Waals surface area contributed by atoms with Crippen LogP contribution in [0.5, 0.6) is 0 Å². The molecular formula is C25H19F2N3. The molecule has 30 heavy (non-hydrogen) atoms. The van der Waals surface area contributed by atoms with Crippen molar-refractivity contribution < 1.29 is 8.78 Å². The minimum absolute atomic E-state index is 0.242. The largest absolute Gasteiger partial charge is 0.298 e. The van der Waals surface area contributed by atoms with Crippen molar-refractivity contribution in [1.29, 1.82) is 0 Å². The van der Waals surface area contributed by atoms with Crippen molar-refractivity contribution in [3.05, 3.63) is 101 Å². The molecule has 0 aliphatic carbocycles. The van der Waals surface area contributed by atoms with Crippen molar-refractivity contribution in [3.8, 4) is 11.3 Å². The van der Waals surface area contributed by atoms with E-state index in [-0.39, 0.29) is 11.6 Å². The quantitative estimate of drug-likeness (QED) is 0.449. The lowest BCUT2D eigenvalue weighted by molar-refractivity contribution is 0.358. The monoisotopic (exact) mass is 399 g/mol. The number of rotatable bonds is 2. The second-order valence-corrected chi connectivity index (χ2v) is 7.55. The van der Waals surface area contributed by atoms with Gasteiger partial charge in [0, 0.05) is 35.8 Å². The fourth-order valence-corrected chi connectivity index (χ4v) is 4.05. The maximum Gasteiger partial charge on any atom is 0.137 e. The average molecular weight is 399 g/mol. The molecule has 1 aliphatic rings. The van der Waals surface area contributed by atoms with Gasteiger partial charge in [-0.1, -0.05) is 36.4 Å². The van der Waals surface area contributed by atoms with E-state index in [2.05, 4.69) is 21.2 Å². The van der Waals surface area contributed by atoms with Gasteiger partial charge in [-0.05, 0) is 59.5 Å². The van der Waals surface area contributed by atoms with E-state index in [1.165, 1.54) is 6.07 Å². The van der Waals surface area contributed by atoms with Gasteiger partial charge in [-0.2, -0.15) is 10.2 Å². The van der Waals surface area contributed by atoms with Crippen molar-refractivity contribution in [2.45, 2.75) is 6.54 Å². The van der Waals surface area contributed by atoms with Crippen molar-refractivity contribution in [3.63, 3.8) is 0 Å². The molecule has 1 aliphatic heterocycles. The summed E-state index contributed by atoms with van der Waals surface area (Å²) in [6, 6.07) is 17.9. The SMILES string of the molecule is CN1CC=C(c2ccc3c(F)cccc3c2)c2ccc(-c3cccnn3)c(F)c2C1. The Bertz CT molecular complexity index is 1280. The molecule has 0 amide bonds. The van der Waals surface area contributed by atoms with Gasteiger partial charge in [-0.15, -0.1) is 0 Å². The van der Waals surface area contributed by atoms with Gasteiger partial charge in [0.2, 0.25) is 0 Å². The first kappa shape index (κ1) is 18.6. The van der Waals surface area contributed by atoms with Crippen LogP contribution >= 0.6 is 0 Å². The summed E-state index contributed by atoms with van der Waals surface area (Å²) in [7, 11) is 1.97. The molecule has 3 nitrogen and oxygen atoms in total. The van der Waals surface area contributed by atoms with E-state index >= 15 is 4.39 Å². The number of hydrogen-bond acceptors (Lipinski definition) is 3. The molecule has 0 saturated heterocycles. The molecule has 0 spiro atoms. The number of aromatic nitrogens is 2. The van der Waals surface area contributed by atoms with Crippen molar-refractivity contribution in [2.75, 3.05) is 13.6 Å². The number of likely N-dealkylation sites (N-methyl/N-ethyl adjacent to an activating group) is 1. The Morgan fingerprint density at radius 2 is 1.80 bits per heavy atom. The summed E-state index contributed by atoms with van der Waals surface area (Å²) < 4.78 is 29.7. The lowest BCUT2D eigenvalue weighted by Crippen LogP contribution is -2.17. The molecule has 0 N–H and O–H groups in total. The van der Waals surface area contributed by atoms with Gasteiger partial charge in [-0.25, -0.2) is 8.78 Å². The van der Waals surface area contributed by atoms with Gasteiger partial charge >= 0.3 is 0 Å². The van der Waals surface area contributed by atoms with E-state index < -0.39 is 0 Å². The second kappa shape index (κ2) is 7.43. The number of fused-ring (bicyclic) bond motifs is 2. The Hall–Kier alpha value is -3.44. The van der Waals surface area contributed by atoms with Gasteiger partial charge in [0.1, 0.15) is 11.6 Å². The van der Waals surface area contributed by atoms with E-state index in [9.17, 15) is 4.39 Å². The summed E-state index contributed by atoms with van der Waals surface area (Å²) in [5.74, 6) is -0.520. The van der Waals surface area contributed by atoms with Crippen molar-refractivity contribution in [1.82, 2.24) is 15.1 Å². The molecule has 5 rings (SSSR count). The van der Waals surface area contributed by atoms with Crippen molar-refractivity contribution in [2.24, 2.45) is 0 Å². The van der Waals surface area contributed by atoms with E-state index in [4.69, 9.17) is 0 Å². The minimum Gasteiger partial charge on any atom is -0.298 e. The van der Waals surface area contributed by atoms with Crippen LogP contribution in [0.3, 0.4) is 0 Å². The van der Waals surface area contributed by atoms with Crippen LogP contribution in [0.4, 0.5) is 8.78 Å². The Kier molecular flexibility index (Phi) is 4.60. The summed E-state index contributed by atoms with van der Waals surface area (Å²) in [4.78, 5) is 2.07. The lowest BCUT2D eigenvalue weighted by Gasteiger charge is -2.17.